The van der Waals surface area contributed by atoms with Gasteiger partial charge >= 0.3 is 0 Å². The van der Waals surface area contributed by atoms with E-state index >= 15 is 0 Å². The van der Waals surface area contributed by atoms with Gasteiger partial charge < -0.3 is 4.98 Å². The molecule has 2 aromatic rings. The molecule has 1 aromatic carbocycles. The molecule has 17 heavy (non-hydrogen) atoms. The van der Waals surface area contributed by atoms with Crippen LogP contribution in [0.2, 0.25) is 0 Å². The topological polar surface area (TPSA) is 69.3 Å². The lowest BCUT2D eigenvalue weighted by atomic mass is 10.1. The fraction of sp³-hybridized carbons (Fsp3) is 0. The number of carbonyl (C=O) groups is 1. The Bertz CT molecular complexity index is 664. The molecule has 0 fully saturated rings. The summed E-state index contributed by atoms with van der Waals surface area (Å²) in [5.74, 6) is -0.259. The third-order valence-corrected chi connectivity index (χ3v) is 3.45. The van der Waals surface area contributed by atoms with Gasteiger partial charge in [0, 0.05) is 28.2 Å². The Morgan fingerprint density at radius 3 is 3.00 bits per heavy atom. The standard InChI is InChI=1S/C10H6BrClN4O/c11-9-6-3-13-16-10(17)5-1-4(15-12)2-7(14-9)8(5)6/h1-3,14-15H,(H,16,17). The lowest BCUT2D eigenvalue weighted by molar-refractivity contribution is 0.0957. The van der Waals surface area contributed by atoms with E-state index in [1.54, 1.807) is 12.3 Å². The van der Waals surface area contributed by atoms with Crippen LogP contribution in [0, 0.1) is 0 Å². The largest absolute Gasteiger partial charge is 0.349 e. The number of nitrogens with zero attached hydrogens (tertiary/aromatic N) is 1. The van der Waals surface area contributed by atoms with Gasteiger partial charge in [-0.15, -0.1) is 0 Å². The van der Waals surface area contributed by atoms with Crippen molar-refractivity contribution in [2.24, 2.45) is 5.10 Å². The summed E-state index contributed by atoms with van der Waals surface area (Å²) in [4.78, 5) is 17.5. The summed E-state index contributed by atoms with van der Waals surface area (Å²) >= 11 is 8.97. The Balaban J connectivity index is 2.46. The first-order valence-electron chi connectivity index (χ1n) is 4.76. The Kier molecular flexibility index (Phi) is 2.34. The van der Waals surface area contributed by atoms with E-state index in [2.05, 4.69) is 36.3 Å². The van der Waals surface area contributed by atoms with Crippen molar-refractivity contribution in [3.8, 4) is 0 Å². The molecular formula is C10H6BrClN4O. The van der Waals surface area contributed by atoms with Crippen LogP contribution < -0.4 is 10.3 Å². The van der Waals surface area contributed by atoms with Gasteiger partial charge in [0.1, 0.15) is 0 Å². The molecule has 0 saturated carbocycles. The van der Waals surface area contributed by atoms with Crippen LogP contribution >= 0.6 is 27.7 Å². The van der Waals surface area contributed by atoms with Crippen LogP contribution in [-0.2, 0) is 0 Å². The van der Waals surface area contributed by atoms with Crippen LogP contribution in [0.4, 0.5) is 5.69 Å². The molecule has 0 atom stereocenters. The number of nitrogens with one attached hydrogen (secondary N) is 3. The number of halogens is 2. The van der Waals surface area contributed by atoms with Gasteiger partial charge in [0.05, 0.1) is 22.1 Å². The van der Waals surface area contributed by atoms with E-state index in [1.165, 1.54) is 0 Å². The van der Waals surface area contributed by atoms with Crippen LogP contribution in [0.15, 0.2) is 21.8 Å². The second kappa shape index (κ2) is 3.75. The number of hydrogen-bond donors (Lipinski definition) is 3. The molecular weight excluding hydrogens is 307 g/mol. The SMILES string of the molecule is O=C1NN=Cc2c(Br)[nH]c3cc(NCl)cc1c23. The molecule has 1 aliphatic heterocycles. The monoisotopic (exact) mass is 312 g/mol. The van der Waals surface area contributed by atoms with Crippen LogP contribution in [0.5, 0.6) is 0 Å². The smallest absolute Gasteiger partial charge is 0.272 e. The normalized spacial score (nSPS) is 13.6. The molecule has 0 unspecified atom stereocenters. The third-order valence-electron chi connectivity index (χ3n) is 2.60. The van der Waals surface area contributed by atoms with Crippen LogP contribution in [0.3, 0.4) is 0 Å². The highest BCUT2D eigenvalue weighted by Crippen LogP contribution is 2.32. The molecule has 1 aromatic heterocycles. The molecule has 0 radical (unpaired) electrons. The highest BCUT2D eigenvalue weighted by Gasteiger charge is 2.20. The number of benzene rings is 1. The molecule has 2 heterocycles. The summed E-state index contributed by atoms with van der Waals surface area (Å²) in [6.07, 6.45) is 1.60. The molecule has 86 valence electrons. The van der Waals surface area contributed by atoms with Gasteiger partial charge in [-0.3, -0.25) is 9.63 Å². The Hall–Kier alpha value is -1.53. The molecule has 7 heteroatoms. The van der Waals surface area contributed by atoms with Crippen molar-refractivity contribution in [3.63, 3.8) is 0 Å². The molecule has 5 nitrogen and oxygen atoms in total. The zero-order valence-electron chi connectivity index (χ0n) is 8.34. The summed E-state index contributed by atoms with van der Waals surface area (Å²) < 4.78 is 0.778. The molecule has 0 bridgehead atoms. The number of H-pyrrole nitrogens is 1. The molecule has 3 rings (SSSR count). The molecule has 3 N–H and O–H groups in total. The maximum Gasteiger partial charge on any atom is 0.272 e. The fourth-order valence-electron chi connectivity index (χ4n) is 1.90. The van der Waals surface area contributed by atoms with E-state index < -0.39 is 0 Å². The summed E-state index contributed by atoms with van der Waals surface area (Å²) in [7, 11) is 0. The summed E-state index contributed by atoms with van der Waals surface area (Å²) in [6.45, 7) is 0. The number of hydrazone groups is 1. The number of amides is 1. The average molecular weight is 314 g/mol. The molecule has 1 aliphatic rings. The first-order valence-corrected chi connectivity index (χ1v) is 5.93. The summed E-state index contributed by atoms with van der Waals surface area (Å²) in [5.41, 5.74) is 5.27. The minimum absolute atomic E-state index is 0.259. The van der Waals surface area contributed by atoms with E-state index in [4.69, 9.17) is 11.8 Å². The van der Waals surface area contributed by atoms with Crippen molar-refractivity contribution in [2.45, 2.75) is 0 Å². The Morgan fingerprint density at radius 1 is 1.41 bits per heavy atom. The quantitative estimate of drug-likeness (QED) is 0.708. The fourth-order valence-corrected chi connectivity index (χ4v) is 2.52. The lowest BCUT2D eigenvalue weighted by Crippen LogP contribution is -2.16. The second-order valence-corrected chi connectivity index (χ2v) is 4.57. The molecule has 0 saturated heterocycles. The molecule has 0 spiro atoms. The van der Waals surface area contributed by atoms with Gasteiger partial charge in [0.15, 0.2) is 0 Å². The number of rotatable bonds is 1. The zero-order chi connectivity index (χ0) is 12.0. The predicted molar refractivity (Wildman–Crippen MR) is 70.5 cm³/mol. The first kappa shape index (κ1) is 10.6. The highest BCUT2D eigenvalue weighted by molar-refractivity contribution is 9.10. The number of carbonyl (C=O) groups excluding carboxylic acids is 1. The van der Waals surface area contributed by atoms with Gasteiger partial charge in [-0.05, 0) is 28.1 Å². The van der Waals surface area contributed by atoms with Crippen molar-refractivity contribution in [3.05, 3.63) is 27.9 Å². The zero-order valence-corrected chi connectivity index (χ0v) is 10.7. The average Bonchev–Trinajstić information content (AvgIpc) is 2.52. The number of aromatic amines is 1. The van der Waals surface area contributed by atoms with E-state index in [-0.39, 0.29) is 5.91 Å². The first-order chi connectivity index (χ1) is 8.20. The van der Waals surface area contributed by atoms with Crippen molar-refractivity contribution < 1.29 is 4.79 Å². The molecule has 1 amide bonds. The lowest BCUT2D eigenvalue weighted by Gasteiger charge is -2.04. The number of anilines is 1. The van der Waals surface area contributed by atoms with Crippen LogP contribution in [0.1, 0.15) is 15.9 Å². The Labute approximate surface area is 109 Å². The van der Waals surface area contributed by atoms with Crippen LogP contribution in [0.25, 0.3) is 10.9 Å². The van der Waals surface area contributed by atoms with Gasteiger partial charge in [-0.1, -0.05) is 0 Å². The maximum absolute atomic E-state index is 11.8. The maximum atomic E-state index is 11.8. The predicted octanol–water partition coefficient (Wildman–Crippen LogP) is 2.57. The van der Waals surface area contributed by atoms with Crippen molar-refractivity contribution in [1.82, 2.24) is 10.4 Å². The summed E-state index contributed by atoms with van der Waals surface area (Å²) in [5, 5.41) is 4.68. The minimum Gasteiger partial charge on any atom is -0.349 e. The Morgan fingerprint density at radius 2 is 2.24 bits per heavy atom. The van der Waals surface area contributed by atoms with E-state index in [0.717, 1.165) is 21.1 Å². The van der Waals surface area contributed by atoms with Gasteiger partial charge in [0.2, 0.25) is 0 Å². The van der Waals surface area contributed by atoms with E-state index in [1.807, 2.05) is 6.07 Å². The summed E-state index contributed by atoms with van der Waals surface area (Å²) in [6, 6.07) is 3.51. The molecule has 0 aliphatic carbocycles. The number of aromatic nitrogens is 1. The van der Waals surface area contributed by atoms with Gasteiger partial charge in [-0.2, -0.15) is 5.10 Å². The third kappa shape index (κ3) is 1.52. The van der Waals surface area contributed by atoms with Crippen molar-refractivity contribution >= 4 is 56.4 Å². The van der Waals surface area contributed by atoms with Crippen molar-refractivity contribution in [1.29, 1.82) is 0 Å². The van der Waals surface area contributed by atoms with Crippen molar-refractivity contribution in [2.75, 3.05) is 4.84 Å². The number of hydrogen-bond acceptors (Lipinski definition) is 3. The van der Waals surface area contributed by atoms with Gasteiger partial charge in [-0.25, -0.2) is 5.43 Å². The minimum atomic E-state index is -0.259. The van der Waals surface area contributed by atoms with Crippen LogP contribution in [-0.4, -0.2) is 17.1 Å². The van der Waals surface area contributed by atoms with Gasteiger partial charge in [0.25, 0.3) is 5.91 Å². The second-order valence-electron chi connectivity index (χ2n) is 3.59. The van der Waals surface area contributed by atoms with E-state index in [9.17, 15) is 4.79 Å². The highest BCUT2D eigenvalue weighted by atomic mass is 79.9. The van der Waals surface area contributed by atoms with E-state index in [0.29, 0.717) is 11.3 Å².